The smallest absolute Gasteiger partial charge is 0.393 e. The number of likely N-dealkylation sites (tertiary alicyclic amines) is 1. The molecule has 4 nitrogen and oxygen atoms in total. The molecular weight excluding hydrogens is 299 g/mol. The largest absolute Gasteiger partial charge is 0.481 e. The molecule has 1 aliphatic heterocycles. The highest BCUT2D eigenvalue weighted by Gasteiger charge is 2.52. The van der Waals surface area contributed by atoms with E-state index in [0.717, 1.165) is 12.2 Å². The van der Waals surface area contributed by atoms with E-state index in [9.17, 15) is 18.0 Å². The van der Waals surface area contributed by atoms with Crippen LogP contribution in [0.5, 0.6) is 0 Å². The molecule has 0 bridgehead atoms. The molecule has 2 aliphatic rings. The van der Waals surface area contributed by atoms with Crippen LogP contribution in [0.2, 0.25) is 0 Å². The first kappa shape index (κ1) is 15.4. The van der Waals surface area contributed by atoms with Crippen molar-refractivity contribution in [3.05, 3.63) is 23.7 Å². The number of carbonyl (C=O) groups is 1. The van der Waals surface area contributed by atoms with Crippen molar-refractivity contribution in [1.82, 2.24) is 4.90 Å². The SMILES string of the molecule is CC1CC1c1ccc(CN2C[C@@H](C(F)(F)F)[C@H](C(=O)O)C2)o1. The van der Waals surface area contributed by atoms with E-state index >= 15 is 0 Å². The Morgan fingerprint density at radius 3 is 2.59 bits per heavy atom. The fraction of sp³-hybridized carbons (Fsp3) is 0.667. The zero-order valence-electron chi connectivity index (χ0n) is 12.1. The van der Waals surface area contributed by atoms with Gasteiger partial charge in [0.25, 0.3) is 0 Å². The molecule has 1 aromatic heterocycles. The lowest BCUT2D eigenvalue weighted by Crippen LogP contribution is -2.33. The van der Waals surface area contributed by atoms with Crippen molar-refractivity contribution < 1.29 is 27.5 Å². The Balaban J connectivity index is 1.66. The number of carboxylic acids is 1. The molecule has 122 valence electrons. The Kier molecular flexibility index (Phi) is 3.71. The Hall–Kier alpha value is -1.50. The number of hydrogen-bond acceptors (Lipinski definition) is 3. The molecule has 0 amide bonds. The van der Waals surface area contributed by atoms with Crippen LogP contribution in [-0.2, 0) is 11.3 Å². The maximum Gasteiger partial charge on any atom is 0.393 e. The van der Waals surface area contributed by atoms with Crippen LogP contribution in [0.15, 0.2) is 16.5 Å². The van der Waals surface area contributed by atoms with Gasteiger partial charge in [-0.25, -0.2) is 0 Å². The Morgan fingerprint density at radius 1 is 1.41 bits per heavy atom. The minimum atomic E-state index is -4.49. The molecule has 3 rings (SSSR count). The van der Waals surface area contributed by atoms with E-state index in [1.54, 1.807) is 6.07 Å². The van der Waals surface area contributed by atoms with Crippen molar-refractivity contribution in [3.63, 3.8) is 0 Å². The number of halogens is 3. The molecular formula is C15H18F3NO3. The molecule has 4 atom stereocenters. The lowest BCUT2D eigenvalue weighted by Gasteiger charge is -2.18. The maximum atomic E-state index is 12.9. The summed E-state index contributed by atoms with van der Waals surface area (Å²) in [4.78, 5) is 12.6. The van der Waals surface area contributed by atoms with Crippen LogP contribution in [0, 0.1) is 17.8 Å². The van der Waals surface area contributed by atoms with Gasteiger partial charge in [-0.05, 0) is 24.5 Å². The van der Waals surface area contributed by atoms with E-state index in [1.807, 2.05) is 6.07 Å². The van der Waals surface area contributed by atoms with Gasteiger partial charge in [0.05, 0.1) is 18.4 Å². The molecule has 0 aromatic carbocycles. The van der Waals surface area contributed by atoms with Crippen molar-refractivity contribution in [2.24, 2.45) is 17.8 Å². The summed E-state index contributed by atoms with van der Waals surface area (Å²) < 4.78 is 44.5. The summed E-state index contributed by atoms with van der Waals surface area (Å²) in [6.07, 6.45) is -3.41. The molecule has 1 saturated heterocycles. The van der Waals surface area contributed by atoms with Crippen LogP contribution in [0.25, 0.3) is 0 Å². The monoisotopic (exact) mass is 317 g/mol. The number of furan rings is 1. The van der Waals surface area contributed by atoms with E-state index in [1.165, 1.54) is 4.90 Å². The van der Waals surface area contributed by atoms with E-state index in [0.29, 0.717) is 17.6 Å². The van der Waals surface area contributed by atoms with Gasteiger partial charge in [-0.1, -0.05) is 6.92 Å². The first-order valence-corrected chi connectivity index (χ1v) is 7.36. The van der Waals surface area contributed by atoms with Gasteiger partial charge in [-0.2, -0.15) is 13.2 Å². The second-order valence-electron chi connectivity index (χ2n) is 6.41. The molecule has 1 aromatic rings. The van der Waals surface area contributed by atoms with Crippen molar-refractivity contribution in [3.8, 4) is 0 Å². The number of nitrogens with zero attached hydrogens (tertiary/aromatic N) is 1. The van der Waals surface area contributed by atoms with Crippen LogP contribution in [-0.4, -0.2) is 35.2 Å². The van der Waals surface area contributed by atoms with Crippen LogP contribution in [0.3, 0.4) is 0 Å². The average Bonchev–Trinajstić information content (AvgIpc) is 2.86. The lowest BCUT2D eigenvalue weighted by atomic mass is 9.96. The summed E-state index contributed by atoms with van der Waals surface area (Å²) in [5, 5.41) is 9.00. The quantitative estimate of drug-likeness (QED) is 0.927. The highest BCUT2D eigenvalue weighted by molar-refractivity contribution is 5.71. The van der Waals surface area contributed by atoms with Crippen molar-refractivity contribution >= 4 is 5.97 Å². The standard InChI is InChI=1S/C15H18F3NO3/c1-8-4-10(8)13-3-2-9(22-13)5-19-6-11(14(20)21)12(7-19)15(16,17)18/h2-3,8,10-12H,4-7H2,1H3,(H,20,21)/t8?,10?,11-,12-/m1/s1. The van der Waals surface area contributed by atoms with E-state index in [-0.39, 0.29) is 19.6 Å². The minimum absolute atomic E-state index is 0.102. The van der Waals surface area contributed by atoms with Gasteiger partial charge in [-0.15, -0.1) is 0 Å². The van der Waals surface area contributed by atoms with Crippen LogP contribution in [0.4, 0.5) is 13.2 Å². The first-order chi connectivity index (χ1) is 10.3. The van der Waals surface area contributed by atoms with E-state index in [4.69, 9.17) is 9.52 Å². The zero-order valence-corrected chi connectivity index (χ0v) is 12.1. The second-order valence-corrected chi connectivity index (χ2v) is 6.41. The van der Waals surface area contributed by atoms with Crippen LogP contribution in [0.1, 0.15) is 30.8 Å². The topological polar surface area (TPSA) is 53.7 Å². The third-order valence-corrected chi connectivity index (χ3v) is 4.67. The van der Waals surface area contributed by atoms with E-state index < -0.39 is 24.0 Å². The van der Waals surface area contributed by atoms with Gasteiger partial charge in [0.1, 0.15) is 11.5 Å². The zero-order chi connectivity index (χ0) is 16.1. The summed E-state index contributed by atoms with van der Waals surface area (Å²) in [7, 11) is 0. The molecule has 2 heterocycles. The Bertz CT molecular complexity index is 569. The van der Waals surface area contributed by atoms with Gasteiger partial charge in [0, 0.05) is 19.0 Å². The number of rotatable bonds is 4. The number of alkyl halides is 3. The fourth-order valence-electron chi connectivity index (χ4n) is 3.21. The molecule has 0 spiro atoms. The van der Waals surface area contributed by atoms with Crippen molar-refractivity contribution in [2.75, 3.05) is 13.1 Å². The van der Waals surface area contributed by atoms with Gasteiger partial charge < -0.3 is 9.52 Å². The van der Waals surface area contributed by atoms with Crippen LogP contribution < -0.4 is 0 Å². The highest BCUT2D eigenvalue weighted by Crippen LogP contribution is 2.47. The maximum absolute atomic E-state index is 12.9. The molecule has 2 fully saturated rings. The van der Waals surface area contributed by atoms with Gasteiger partial charge in [0.2, 0.25) is 0 Å². The summed E-state index contributed by atoms with van der Waals surface area (Å²) in [5.74, 6) is -2.12. The third-order valence-electron chi connectivity index (χ3n) is 4.67. The molecule has 1 N–H and O–H groups in total. The van der Waals surface area contributed by atoms with Gasteiger partial charge in [-0.3, -0.25) is 9.69 Å². The summed E-state index contributed by atoms with van der Waals surface area (Å²) in [5.41, 5.74) is 0. The first-order valence-electron chi connectivity index (χ1n) is 7.36. The summed E-state index contributed by atoms with van der Waals surface area (Å²) in [6.45, 7) is 1.95. The predicted molar refractivity (Wildman–Crippen MR) is 71.2 cm³/mol. The van der Waals surface area contributed by atoms with Crippen LogP contribution >= 0.6 is 0 Å². The van der Waals surface area contributed by atoms with Gasteiger partial charge in [0.15, 0.2) is 0 Å². The Morgan fingerprint density at radius 2 is 2.09 bits per heavy atom. The molecule has 0 radical (unpaired) electrons. The number of carboxylic acid groups (broad SMARTS) is 1. The average molecular weight is 317 g/mol. The predicted octanol–water partition coefficient (Wildman–Crippen LogP) is 3.10. The minimum Gasteiger partial charge on any atom is -0.481 e. The van der Waals surface area contributed by atoms with Gasteiger partial charge >= 0.3 is 12.1 Å². The highest BCUT2D eigenvalue weighted by atomic mass is 19.4. The molecule has 1 aliphatic carbocycles. The normalized spacial score (nSPS) is 32.4. The molecule has 7 heteroatoms. The Labute approximate surface area is 125 Å². The molecule has 1 saturated carbocycles. The number of aliphatic carboxylic acids is 1. The van der Waals surface area contributed by atoms with E-state index in [2.05, 4.69) is 6.92 Å². The second kappa shape index (κ2) is 5.30. The summed E-state index contributed by atoms with van der Waals surface area (Å²) in [6, 6.07) is 3.65. The fourth-order valence-corrected chi connectivity index (χ4v) is 3.21. The third kappa shape index (κ3) is 2.99. The van der Waals surface area contributed by atoms with Crippen molar-refractivity contribution in [1.29, 1.82) is 0 Å². The number of hydrogen-bond donors (Lipinski definition) is 1. The lowest BCUT2D eigenvalue weighted by molar-refractivity contribution is -0.188. The molecule has 22 heavy (non-hydrogen) atoms. The van der Waals surface area contributed by atoms with Crippen molar-refractivity contribution in [2.45, 2.75) is 32.0 Å². The molecule has 2 unspecified atom stereocenters. The summed E-state index contributed by atoms with van der Waals surface area (Å²) >= 11 is 0.